The second-order valence-corrected chi connectivity index (χ2v) is 6.80. The van der Waals surface area contributed by atoms with E-state index in [0.717, 1.165) is 18.3 Å². The van der Waals surface area contributed by atoms with Crippen LogP contribution in [0, 0.1) is 5.92 Å². The molecule has 2 rings (SSSR count). The molecule has 1 aliphatic rings. The maximum Gasteiger partial charge on any atom is 0.0952 e. The van der Waals surface area contributed by atoms with Crippen LogP contribution in [0.2, 0.25) is 0 Å². The van der Waals surface area contributed by atoms with Crippen LogP contribution in [-0.2, 0) is 6.54 Å². The molecule has 1 aromatic heterocycles. The van der Waals surface area contributed by atoms with Gasteiger partial charge in [-0.3, -0.25) is 0 Å². The number of nitrogens with zero attached hydrogens (tertiary/aromatic N) is 2. The minimum atomic E-state index is 0.675. The molecule has 1 fully saturated rings. The number of hydrogen-bond acceptors (Lipinski definition) is 3. The Bertz CT molecular complexity index is 362. The van der Waals surface area contributed by atoms with E-state index >= 15 is 0 Å². The number of thioether (sulfide) groups is 1. The first kappa shape index (κ1) is 13.9. The van der Waals surface area contributed by atoms with E-state index in [1.807, 2.05) is 18.1 Å². The summed E-state index contributed by atoms with van der Waals surface area (Å²) in [7, 11) is 0. The lowest BCUT2D eigenvalue weighted by molar-refractivity contribution is 0.517. The van der Waals surface area contributed by atoms with Crippen LogP contribution >= 0.6 is 11.8 Å². The molecule has 3 nitrogen and oxygen atoms in total. The molecule has 0 spiro atoms. The van der Waals surface area contributed by atoms with Gasteiger partial charge < -0.3 is 9.88 Å². The summed E-state index contributed by atoms with van der Waals surface area (Å²) in [4.78, 5) is 4.50. The van der Waals surface area contributed by atoms with Crippen LogP contribution in [0.15, 0.2) is 12.5 Å². The van der Waals surface area contributed by atoms with Crippen LogP contribution in [0.5, 0.6) is 0 Å². The van der Waals surface area contributed by atoms with Crippen molar-refractivity contribution in [1.29, 1.82) is 0 Å². The third kappa shape index (κ3) is 3.75. The fraction of sp³-hybridized carbons (Fsp3) is 0.786. The standard InChI is InChI=1S/C14H25N3S/c1-11(2)7-15-8-12-9-17(10-16-12)13-4-5-14(6-13)18-3/h9-11,13-15H,4-8H2,1-3H3. The Morgan fingerprint density at radius 1 is 1.50 bits per heavy atom. The Balaban J connectivity index is 1.83. The van der Waals surface area contributed by atoms with Gasteiger partial charge in [-0.25, -0.2) is 4.98 Å². The maximum absolute atomic E-state index is 4.50. The average molecular weight is 267 g/mol. The highest BCUT2D eigenvalue weighted by Gasteiger charge is 2.25. The van der Waals surface area contributed by atoms with Crippen molar-refractivity contribution in [2.75, 3.05) is 12.8 Å². The summed E-state index contributed by atoms with van der Waals surface area (Å²) in [5, 5.41) is 4.29. The highest BCUT2D eigenvalue weighted by atomic mass is 32.2. The van der Waals surface area contributed by atoms with E-state index in [1.165, 1.54) is 25.0 Å². The van der Waals surface area contributed by atoms with Gasteiger partial charge in [0.1, 0.15) is 0 Å². The van der Waals surface area contributed by atoms with E-state index in [2.05, 4.69) is 41.2 Å². The van der Waals surface area contributed by atoms with Crippen molar-refractivity contribution in [3.05, 3.63) is 18.2 Å². The monoisotopic (exact) mass is 267 g/mol. The van der Waals surface area contributed by atoms with Crippen LogP contribution in [0.4, 0.5) is 0 Å². The molecule has 1 aliphatic carbocycles. The fourth-order valence-electron chi connectivity index (χ4n) is 2.56. The molecule has 18 heavy (non-hydrogen) atoms. The normalized spacial score (nSPS) is 24.0. The van der Waals surface area contributed by atoms with E-state index in [4.69, 9.17) is 0 Å². The smallest absolute Gasteiger partial charge is 0.0952 e. The third-order valence-electron chi connectivity index (χ3n) is 3.63. The highest BCUT2D eigenvalue weighted by Crippen LogP contribution is 2.35. The SMILES string of the molecule is CSC1CCC(n2cnc(CNCC(C)C)c2)C1. The molecule has 0 bridgehead atoms. The van der Waals surface area contributed by atoms with Gasteiger partial charge in [0.05, 0.1) is 12.0 Å². The average Bonchev–Trinajstić information content (AvgIpc) is 2.95. The molecule has 0 aromatic carbocycles. The molecule has 2 atom stereocenters. The number of hydrogen-bond donors (Lipinski definition) is 1. The van der Waals surface area contributed by atoms with Crippen molar-refractivity contribution >= 4 is 11.8 Å². The van der Waals surface area contributed by atoms with Crippen molar-refractivity contribution in [2.24, 2.45) is 5.92 Å². The molecule has 1 saturated carbocycles. The lowest BCUT2D eigenvalue weighted by Crippen LogP contribution is -2.19. The van der Waals surface area contributed by atoms with Gasteiger partial charge in [-0.1, -0.05) is 13.8 Å². The first-order chi connectivity index (χ1) is 8.69. The van der Waals surface area contributed by atoms with Crippen molar-refractivity contribution in [2.45, 2.75) is 50.9 Å². The Labute approximate surface area is 115 Å². The predicted octanol–water partition coefficient (Wildman–Crippen LogP) is 3.09. The molecular weight excluding hydrogens is 242 g/mol. The van der Waals surface area contributed by atoms with Crippen molar-refractivity contribution in [1.82, 2.24) is 14.9 Å². The highest BCUT2D eigenvalue weighted by molar-refractivity contribution is 7.99. The molecule has 102 valence electrons. The summed E-state index contributed by atoms with van der Waals surface area (Å²) >= 11 is 2.01. The van der Waals surface area contributed by atoms with Crippen molar-refractivity contribution in [3.63, 3.8) is 0 Å². The van der Waals surface area contributed by atoms with Crippen LogP contribution in [0.1, 0.15) is 44.8 Å². The third-order valence-corrected chi connectivity index (χ3v) is 4.72. The number of imidazole rings is 1. The molecule has 4 heteroatoms. The molecule has 1 heterocycles. The van der Waals surface area contributed by atoms with Crippen LogP contribution < -0.4 is 5.32 Å². The van der Waals surface area contributed by atoms with Crippen LogP contribution in [0.3, 0.4) is 0 Å². The van der Waals surface area contributed by atoms with E-state index in [-0.39, 0.29) is 0 Å². The minimum Gasteiger partial charge on any atom is -0.334 e. The van der Waals surface area contributed by atoms with Crippen LogP contribution in [-0.4, -0.2) is 27.6 Å². The van der Waals surface area contributed by atoms with Gasteiger partial charge in [0, 0.05) is 24.0 Å². The molecular formula is C14H25N3S. The summed E-state index contributed by atoms with van der Waals surface area (Å²) in [5.74, 6) is 0.698. The Kier molecular flexibility index (Phi) is 5.13. The quantitative estimate of drug-likeness (QED) is 0.859. The molecule has 0 amide bonds. The largest absolute Gasteiger partial charge is 0.334 e. The van der Waals surface area contributed by atoms with E-state index in [0.29, 0.717) is 12.0 Å². The Morgan fingerprint density at radius 3 is 3.00 bits per heavy atom. The second kappa shape index (κ2) is 6.62. The van der Waals surface area contributed by atoms with Crippen LogP contribution in [0.25, 0.3) is 0 Å². The summed E-state index contributed by atoms with van der Waals surface area (Å²) in [6.07, 6.45) is 10.4. The first-order valence-corrected chi connectivity index (χ1v) is 8.23. The summed E-state index contributed by atoms with van der Waals surface area (Å²) < 4.78 is 2.32. The first-order valence-electron chi connectivity index (χ1n) is 6.95. The van der Waals surface area contributed by atoms with Crippen molar-refractivity contribution < 1.29 is 0 Å². The van der Waals surface area contributed by atoms with Gasteiger partial charge in [0.2, 0.25) is 0 Å². The lowest BCUT2D eigenvalue weighted by atomic mass is 10.2. The molecule has 0 radical (unpaired) electrons. The minimum absolute atomic E-state index is 0.675. The molecule has 0 saturated heterocycles. The predicted molar refractivity (Wildman–Crippen MR) is 79.0 cm³/mol. The molecule has 1 N–H and O–H groups in total. The second-order valence-electron chi connectivity index (χ2n) is 5.66. The van der Waals surface area contributed by atoms with E-state index in [9.17, 15) is 0 Å². The molecule has 0 aliphatic heterocycles. The summed E-state index contributed by atoms with van der Waals surface area (Å²) in [6, 6.07) is 0.675. The van der Waals surface area contributed by atoms with Gasteiger partial charge in [0.25, 0.3) is 0 Å². The lowest BCUT2D eigenvalue weighted by Gasteiger charge is -2.11. The maximum atomic E-state index is 4.50. The number of nitrogens with one attached hydrogen (secondary N) is 1. The van der Waals surface area contributed by atoms with Crippen molar-refractivity contribution in [3.8, 4) is 0 Å². The Morgan fingerprint density at radius 2 is 2.33 bits per heavy atom. The Hall–Kier alpha value is -0.480. The van der Waals surface area contributed by atoms with Gasteiger partial charge in [-0.2, -0.15) is 11.8 Å². The molecule has 1 aromatic rings. The van der Waals surface area contributed by atoms with E-state index < -0.39 is 0 Å². The topological polar surface area (TPSA) is 29.9 Å². The molecule has 2 unspecified atom stereocenters. The zero-order valence-electron chi connectivity index (χ0n) is 11.7. The zero-order chi connectivity index (χ0) is 13.0. The van der Waals surface area contributed by atoms with Gasteiger partial charge in [-0.15, -0.1) is 0 Å². The van der Waals surface area contributed by atoms with E-state index in [1.54, 1.807) is 0 Å². The van der Waals surface area contributed by atoms with Gasteiger partial charge in [-0.05, 0) is 38.0 Å². The summed E-state index contributed by atoms with van der Waals surface area (Å²) in [6.45, 7) is 6.41. The zero-order valence-corrected chi connectivity index (χ0v) is 12.5. The van der Waals surface area contributed by atoms with Gasteiger partial charge >= 0.3 is 0 Å². The number of rotatable bonds is 6. The van der Waals surface area contributed by atoms with Gasteiger partial charge in [0.15, 0.2) is 0 Å². The number of aromatic nitrogens is 2. The summed E-state index contributed by atoms with van der Waals surface area (Å²) in [5.41, 5.74) is 1.17. The fourth-order valence-corrected chi connectivity index (χ4v) is 3.35.